The fraction of sp³-hybridized carbons (Fsp3) is 0.438. The van der Waals surface area contributed by atoms with Crippen LogP contribution in [0.2, 0.25) is 0 Å². The van der Waals surface area contributed by atoms with Crippen molar-refractivity contribution in [2.75, 3.05) is 6.54 Å². The lowest BCUT2D eigenvalue weighted by atomic mass is 9.87. The quantitative estimate of drug-likeness (QED) is 0.881. The minimum Gasteiger partial charge on any atom is -0.481 e. The van der Waals surface area contributed by atoms with Crippen LogP contribution in [0.15, 0.2) is 36.2 Å². The molecule has 7 heteroatoms. The first-order valence-corrected chi connectivity index (χ1v) is 8.56. The molecule has 1 amide bonds. The van der Waals surface area contributed by atoms with E-state index in [0.717, 1.165) is 17.8 Å². The number of carboxylic acids is 1. The average Bonchev–Trinajstić information content (AvgIpc) is 3.21. The molecule has 1 saturated heterocycles. The zero-order valence-electron chi connectivity index (χ0n) is 12.7. The Balaban J connectivity index is 1.75. The number of amides is 1. The third kappa shape index (κ3) is 3.44. The average molecular weight is 333 g/mol. The van der Waals surface area contributed by atoms with Crippen molar-refractivity contribution in [3.63, 3.8) is 0 Å². The number of rotatable bonds is 6. The number of likely N-dealkylation sites (tertiary alicyclic amines) is 1. The predicted octanol–water partition coefficient (Wildman–Crippen LogP) is 2.40. The van der Waals surface area contributed by atoms with E-state index in [2.05, 4.69) is 4.98 Å². The topological polar surface area (TPSA) is 75.4 Å². The van der Waals surface area contributed by atoms with E-state index in [-0.39, 0.29) is 11.9 Å². The predicted molar refractivity (Wildman–Crippen MR) is 86.0 cm³/mol. The van der Waals surface area contributed by atoms with Crippen molar-refractivity contribution in [1.82, 2.24) is 14.5 Å². The zero-order chi connectivity index (χ0) is 16.2. The molecule has 0 unspecified atom stereocenters. The van der Waals surface area contributed by atoms with Gasteiger partial charge >= 0.3 is 5.97 Å². The first kappa shape index (κ1) is 15.7. The number of hydrogen-bond acceptors (Lipinski definition) is 4. The summed E-state index contributed by atoms with van der Waals surface area (Å²) in [6, 6.07) is 3.48. The molecule has 3 rings (SSSR count). The Labute approximate surface area is 138 Å². The molecule has 3 heterocycles. The highest BCUT2D eigenvalue weighted by Crippen LogP contribution is 2.38. The van der Waals surface area contributed by atoms with Gasteiger partial charge in [-0.3, -0.25) is 9.59 Å². The van der Waals surface area contributed by atoms with E-state index in [1.807, 2.05) is 28.3 Å². The Morgan fingerprint density at radius 3 is 2.96 bits per heavy atom. The molecule has 1 N–H and O–H groups in total. The molecule has 1 aliphatic rings. The van der Waals surface area contributed by atoms with E-state index in [1.54, 1.807) is 17.4 Å². The van der Waals surface area contributed by atoms with Crippen molar-refractivity contribution in [3.8, 4) is 0 Å². The fourth-order valence-corrected chi connectivity index (χ4v) is 4.03. The van der Waals surface area contributed by atoms with Crippen LogP contribution < -0.4 is 0 Å². The van der Waals surface area contributed by atoms with Crippen LogP contribution in [0.3, 0.4) is 0 Å². The molecule has 0 bridgehead atoms. The summed E-state index contributed by atoms with van der Waals surface area (Å²) in [7, 11) is 0. The number of carboxylic acid groups (broad SMARTS) is 1. The van der Waals surface area contributed by atoms with Gasteiger partial charge in [0, 0.05) is 36.8 Å². The van der Waals surface area contributed by atoms with Gasteiger partial charge < -0.3 is 14.6 Å². The summed E-state index contributed by atoms with van der Waals surface area (Å²) in [6.45, 7) is 1.32. The first-order valence-electron chi connectivity index (χ1n) is 7.68. The Bertz CT molecular complexity index is 654. The fourth-order valence-electron chi connectivity index (χ4n) is 3.13. The van der Waals surface area contributed by atoms with E-state index in [4.69, 9.17) is 0 Å². The Morgan fingerprint density at radius 2 is 2.30 bits per heavy atom. The molecule has 1 aliphatic heterocycles. The van der Waals surface area contributed by atoms with Crippen LogP contribution >= 0.6 is 11.3 Å². The minimum atomic E-state index is -0.824. The molecule has 6 nitrogen and oxygen atoms in total. The number of carbonyl (C=O) groups excluding carboxylic acids is 1. The largest absolute Gasteiger partial charge is 0.481 e. The number of thiophene rings is 1. The first-order chi connectivity index (χ1) is 11.2. The molecule has 0 spiro atoms. The molecular formula is C16H19N3O3S. The highest BCUT2D eigenvalue weighted by atomic mass is 32.1. The van der Waals surface area contributed by atoms with Crippen molar-refractivity contribution in [1.29, 1.82) is 0 Å². The van der Waals surface area contributed by atoms with Crippen molar-refractivity contribution in [2.45, 2.75) is 31.8 Å². The maximum atomic E-state index is 12.4. The summed E-state index contributed by atoms with van der Waals surface area (Å²) >= 11 is 1.52. The zero-order valence-corrected chi connectivity index (χ0v) is 13.5. The molecule has 23 heavy (non-hydrogen) atoms. The molecule has 0 aromatic carbocycles. The monoisotopic (exact) mass is 333 g/mol. The molecule has 1 fully saturated rings. The SMILES string of the molecule is O=C(O)[C@H]1CCC(=O)N(CCCn2ccnc2)[C@@H]1c1cccs1. The number of nitrogens with zero attached hydrogens (tertiary/aromatic N) is 3. The van der Waals surface area contributed by atoms with Crippen molar-refractivity contribution >= 4 is 23.2 Å². The van der Waals surface area contributed by atoms with Gasteiger partial charge in [0.15, 0.2) is 0 Å². The van der Waals surface area contributed by atoms with Crippen LogP contribution in [-0.4, -0.2) is 38.0 Å². The number of aliphatic carboxylic acids is 1. The summed E-state index contributed by atoms with van der Waals surface area (Å²) in [5, 5.41) is 11.5. The number of piperidine rings is 1. The lowest BCUT2D eigenvalue weighted by molar-refractivity contribution is -0.152. The van der Waals surface area contributed by atoms with E-state index >= 15 is 0 Å². The summed E-state index contributed by atoms with van der Waals surface area (Å²) in [4.78, 5) is 30.7. The Hall–Kier alpha value is -2.15. The summed E-state index contributed by atoms with van der Waals surface area (Å²) in [5.41, 5.74) is 0. The van der Waals surface area contributed by atoms with Gasteiger partial charge in [0.25, 0.3) is 0 Å². The third-order valence-electron chi connectivity index (χ3n) is 4.23. The van der Waals surface area contributed by atoms with Crippen LogP contribution in [-0.2, 0) is 16.1 Å². The maximum Gasteiger partial charge on any atom is 0.308 e. The lowest BCUT2D eigenvalue weighted by Gasteiger charge is -2.39. The smallest absolute Gasteiger partial charge is 0.308 e. The molecule has 2 aromatic rings. The molecule has 122 valence electrons. The standard InChI is InChI=1S/C16H19N3O3S/c20-14-5-4-12(16(21)22)15(13-3-1-10-23-13)19(14)8-2-7-18-9-6-17-11-18/h1,3,6,9-12,15H,2,4-5,7-8H2,(H,21,22)/t12-,15-/m0/s1. The Morgan fingerprint density at radius 1 is 1.43 bits per heavy atom. The maximum absolute atomic E-state index is 12.4. The molecule has 2 aromatic heterocycles. The van der Waals surface area contributed by atoms with Crippen molar-refractivity contribution in [3.05, 3.63) is 41.1 Å². The summed E-state index contributed by atoms with van der Waals surface area (Å²) in [6.07, 6.45) is 6.85. The molecule has 0 radical (unpaired) electrons. The number of aryl methyl sites for hydroxylation is 1. The number of hydrogen-bond donors (Lipinski definition) is 1. The van der Waals surface area contributed by atoms with Gasteiger partial charge in [0.1, 0.15) is 0 Å². The van der Waals surface area contributed by atoms with Crippen LogP contribution in [0, 0.1) is 5.92 Å². The van der Waals surface area contributed by atoms with Crippen LogP contribution in [0.25, 0.3) is 0 Å². The number of carbonyl (C=O) groups is 2. The van der Waals surface area contributed by atoms with Crippen molar-refractivity contribution in [2.24, 2.45) is 5.92 Å². The molecular weight excluding hydrogens is 314 g/mol. The van der Waals surface area contributed by atoms with Gasteiger partial charge in [-0.2, -0.15) is 0 Å². The van der Waals surface area contributed by atoms with Gasteiger partial charge in [-0.1, -0.05) is 6.07 Å². The second-order valence-corrected chi connectivity index (χ2v) is 6.66. The summed E-state index contributed by atoms with van der Waals surface area (Å²) in [5.74, 6) is -1.30. The second-order valence-electron chi connectivity index (χ2n) is 5.68. The van der Waals surface area contributed by atoms with Crippen molar-refractivity contribution < 1.29 is 14.7 Å². The van der Waals surface area contributed by atoms with E-state index in [1.165, 1.54) is 11.3 Å². The van der Waals surface area contributed by atoms with Gasteiger partial charge in [-0.15, -0.1) is 11.3 Å². The number of imidazole rings is 1. The molecule has 2 atom stereocenters. The van der Waals surface area contributed by atoms with Gasteiger partial charge in [-0.05, 0) is 24.3 Å². The lowest BCUT2D eigenvalue weighted by Crippen LogP contribution is -2.45. The highest BCUT2D eigenvalue weighted by Gasteiger charge is 2.40. The van der Waals surface area contributed by atoms with Gasteiger partial charge in [-0.25, -0.2) is 4.98 Å². The van der Waals surface area contributed by atoms with Gasteiger partial charge in [0.05, 0.1) is 18.3 Å². The van der Waals surface area contributed by atoms with Crippen LogP contribution in [0.1, 0.15) is 30.2 Å². The van der Waals surface area contributed by atoms with E-state index in [9.17, 15) is 14.7 Å². The third-order valence-corrected chi connectivity index (χ3v) is 5.18. The van der Waals surface area contributed by atoms with Crippen LogP contribution in [0.5, 0.6) is 0 Å². The van der Waals surface area contributed by atoms with E-state index in [0.29, 0.717) is 19.4 Å². The molecule has 0 aliphatic carbocycles. The number of aromatic nitrogens is 2. The Kier molecular flexibility index (Phi) is 4.76. The normalized spacial score (nSPS) is 21.6. The van der Waals surface area contributed by atoms with E-state index < -0.39 is 11.9 Å². The molecule has 0 saturated carbocycles. The minimum absolute atomic E-state index is 0.0477. The summed E-state index contributed by atoms with van der Waals surface area (Å²) < 4.78 is 1.96. The van der Waals surface area contributed by atoms with Crippen LogP contribution in [0.4, 0.5) is 0 Å². The second kappa shape index (κ2) is 6.95. The van der Waals surface area contributed by atoms with Gasteiger partial charge in [0.2, 0.25) is 5.91 Å². The highest BCUT2D eigenvalue weighted by molar-refractivity contribution is 7.10.